The second-order valence-electron chi connectivity index (χ2n) is 5.46. The van der Waals surface area contributed by atoms with Gasteiger partial charge in [-0.25, -0.2) is 0 Å². The summed E-state index contributed by atoms with van der Waals surface area (Å²) >= 11 is 5.99. The molecule has 0 saturated heterocycles. The summed E-state index contributed by atoms with van der Waals surface area (Å²) in [6.45, 7) is 4.12. The normalized spacial score (nSPS) is 12.3. The number of para-hydroxylation sites is 1. The minimum atomic E-state index is -0.124. The lowest BCUT2D eigenvalue weighted by molar-refractivity contribution is 0.619. The van der Waals surface area contributed by atoms with Crippen molar-refractivity contribution in [3.05, 3.63) is 70.0 Å². The first-order valence-electron chi connectivity index (χ1n) is 7.39. The van der Waals surface area contributed by atoms with Gasteiger partial charge in [0.1, 0.15) is 0 Å². The molecule has 1 atom stereocenters. The third-order valence-corrected chi connectivity index (χ3v) is 4.15. The van der Waals surface area contributed by atoms with E-state index in [0.29, 0.717) is 5.02 Å². The smallest absolute Gasteiger partial charge is 0.178 e. The lowest BCUT2D eigenvalue weighted by atomic mass is 10.1. The van der Waals surface area contributed by atoms with Crippen LogP contribution in [0.25, 0.3) is 5.69 Å². The topological polar surface area (TPSA) is 55.6 Å². The lowest BCUT2D eigenvalue weighted by Crippen LogP contribution is -2.22. The second kappa shape index (κ2) is 6.48. The maximum Gasteiger partial charge on any atom is 0.178 e. The zero-order chi connectivity index (χ0) is 16.4. The summed E-state index contributed by atoms with van der Waals surface area (Å²) in [4.78, 5) is 0. The number of aromatic nitrogens is 4. The van der Waals surface area contributed by atoms with Crippen LogP contribution in [0, 0.1) is 13.8 Å². The number of hydrogen-bond donors (Lipinski definition) is 1. The van der Waals surface area contributed by atoms with Crippen LogP contribution < -0.4 is 5.32 Å². The molecule has 1 aromatic heterocycles. The molecule has 3 rings (SSSR count). The number of nitrogens with zero attached hydrogens (tertiary/aromatic N) is 4. The van der Waals surface area contributed by atoms with Gasteiger partial charge in [-0.1, -0.05) is 41.9 Å². The van der Waals surface area contributed by atoms with Crippen molar-refractivity contribution in [1.29, 1.82) is 0 Å². The van der Waals surface area contributed by atoms with Crippen LogP contribution in [0.4, 0.5) is 0 Å². The van der Waals surface area contributed by atoms with Gasteiger partial charge >= 0.3 is 0 Å². The molecule has 0 spiro atoms. The van der Waals surface area contributed by atoms with Crippen LogP contribution in [-0.4, -0.2) is 27.3 Å². The number of aryl methyl sites for hydroxylation is 2. The van der Waals surface area contributed by atoms with Gasteiger partial charge in [0.05, 0.1) is 11.7 Å². The fourth-order valence-corrected chi connectivity index (χ4v) is 2.90. The van der Waals surface area contributed by atoms with E-state index < -0.39 is 0 Å². The van der Waals surface area contributed by atoms with Crippen molar-refractivity contribution in [2.45, 2.75) is 19.9 Å². The highest BCUT2D eigenvalue weighted by atomic mass is 35.5. The molecular weight excluding hydrogens is 310 g/mol. The van der Waals surface area contributed by atoms with Crippen LogP contribution in [0.3, 0.4) is 0 Å². The number of hydrogen-bond acceptors (Lipinski definition) is 4. The summed E-state index contributed by atoms with van der Waals surface area (Å²) < 4.78 is 1.81. The van der Waals surface area contributed by atoms with E-state index >= 15 is 0 Å². The maximum atomic E-state index is 5.99. The fourth-order valence-electron chi connectivity index (χ4n) is 2.77. The molecule has 0 radical (unpaired) electrons. The van der Waals surface area contributed by atoms with Crippen LogP contribution >= 0.6 is 11.6 Å². The minimum absolute atomic E-state index is 0.124. The van der Waals surface area contributed by atoms with Gasteiger partial charge in [0.2, 0.25) is 0 Å². The van der Waals surface area contributed by atoms with E-state index in [1.54, 1.807) is 4.68 Å². The summed E-state index contributed by atoms with van der Waals surface area (Å²) in [6.07, 6.45) is 0. The number of benzene rings is 2. The molecule has 0 aliphatic rings. The fraction of sp³-hybridized carbons (Fsp3) is 0.235. The van der Waals surface area contributed by atoms with E-state index in [9.17, 15) is 0 Å². The third kappa shape index (κ3) is 2.98. The Morgan fingerprint density at radius 1 is 1.04 bits per heavy atom. The van der Waals surface area contributed by atoms with Gasteiger partial charge in [0.15, 0.2) is 5.82 Å². The third-order valence-electron chi connectivity index (χ3n) is 3.90. The highest BCUT2D eigenvalue weighted by Gasteiger charge is 2.22. The molecule has 0 fully saturated rings. The Hall–Kier alpha value is -2.24. The van der Waals surface area contributed by atoms with E-state index in [1.807, 2.05) is 37.4 Å². The molecule has 0 aliphatic heterocycles. The molecule has 0 aliphatic carbocycles. The molecular formula is C17H18ClN5. The van der Waals surface area contributed by atoms with Gasteiger partial charge in [0.25, 0.3) is 0 Å². The maximum absolute atomic E-state index is 5.99. The number of nitrogens with one attached hydrogen (secondary N) is 1. The molecule has 0 amide bonds. The summed E-state index contributed by atoms with van der Waals surface area (Å²) in [6, 6.07) is 13.7. The van der Waals surface area contributed by atoms with Crippen molar-refractivity contribution in [3.8, 4) is 5.69 Å². The molecule has 0 bridgehead atoms. The van der Waals surface area contributed by atoms with E-state index in [1.165, 1.54) is 0 Å². The molecule has 23 heavy (non-hydrogen) atoms. The van der Waals surface area contributed by atoms with E-state index in [-0.39, 0.29) is 6.04 Å². The van der Waals surface area contributed by atoms with Crippen LogP contribution in [0.15, 0.2) is 42.5 Å². The summed E-state index contributed by atoms with van der Waals surface area (Å²) in [7, 11) is 1.89. The molecule has 118 valence electrons. The Morgan fingerprint density at radius 2 is 1.70 bits per heavy atom. The summed E-state index contributed by atoms with van der Waals surface area (Å²) in [5, 5.41) is 16.3. The number of tetrazole rings is 1. The van der Waals surface area contributed by atoms with E-state index in [0.717, 1.165) is 28.2 Å². The largest absolute Gasteiger partial charge is 0.307 e. The molecule has 0 saturated carbocycles. The first-order chi connectivity index (χ1) is 11.1. The van der Waals surface area contributed by atoms with Crippen LogP contribution in [0.1, 0.15) is 28.6 Å². The first-order valence-corrected chi connectivity index (χ1v) is 7.77. The average molecular weight is 328 g/mol. The van der Waals surface area contributed by atoms with Crippen LogP contribution in [-0.2, 0) is 0 Å². The van der Waals surface area contributed by atoms with Gasteiger partial charge in [-0.15, -0.1) is 5.10 Å². The monoisotopic (exact) mass is 327 g/mol. The highest BCUT2D eigenvalue weighted by molar-refractivity contribution is 6.30. The molecule has 0 unspecified atom stereocenters. The average Bonchev–Trinajstić information content (AvgIpc) is 2.99. The van der Waals surface area contributed by atoms with E-state index in [2.05, 4.69) is 46.8 Å². The summed E-state index contributed by atoms with van der Waals surface area (Å²) in [5.74, 6) is 0.743. The Balaban J connectivity index is 2.11. The van der Waals surface area contributed by atoms with Crippen LogP contribution in [0.2, 0.25) is 5.02 Å². The zero-order valence-electron chi connectivity index (χ0n) is 13.3. The number of halogens is 1. The van der Waals surface area contributed by atoms with Gasteiger partial charge in [-0.2, -0.15) is 4.68 Å². The second-order valence-corrected chi connectivity index (χ2v) is 5.90. The highest BCUT2D eigenvalue weighted by Crippen LogP contribution is 2.25. The predicted molar refractivity (Wildman–Crippen MR) is 91.0 cm³/mol. The Bertz CT molecular complexity index is 790. The van der Waals surface area contributed by atoms with Crippen molar-refractivity contribution in [2.75, 3.05) is 7.05 Å². The van der Waals surface area contributed by atoms with Crippen molar-refractivity contribution in [1.82, 2.24) is 25.5 Å². The molecule has 1 heterocycles. The molecule has 3 aromatic rings. The Morgan fingerprint density at radius 3 is 2.30 bits per heavy atom. The molecule has 6 heteroatoms. The van der Waals surface area contributed by atoms with Gasteiger partial charge in [-0.3, -0.25) is 0 Å². The zero-order valence-corrected chi connectivity index (χ0v) is 14.0. The van der Waals surface area contributed by atoms with Crippen molar-refractivity contribution in [3.63, 3.8) is 0 Å². The SMILES string of the molecule is CN[C@H](c1ccc(Cl)cc1)c1nnnn1-c1c(C)cccc1C. The first kappa shape index (κ1) is 15.6. The molecule has 1 N–H and O–H groups in total. The van der Waals surface area contributed by atoms with Crippen LogP contribution in [0.5, 0.6) is 0 Å². The molecule has 5 nitrogen and oxygen atoms in total. The quantitative estimate of drug-likeness (QED) is 0.799. The standard InChI is InChI=1S/C17H18ClN5/c1-11-5-4-6-12(2)16(11)23-17(20-21-22-23)15(19-3)13-7-9-14(18)10-8-13/h4-10,15,19H,1-3H3/t15-/m1/s1. The van der Waals surface area contributed by atoms with Crippen molar-refractivity contribution >= 4 is 11.6 Å². The minimum Gasteiger partial charge on any atom is -0.307 e. The van der Waals surface area contributed by atoms with Gasteiger partial charge in [-0.05, 0) is 60.1 Å². The predicted octanol–water partition coefficient (Wildman–Crippen LogP) is 3.24. The van der Waals surface area contributed by atoms with E-state index in [4.69, 9.17) is 11.6 Å². The number of rotatable bonds is 4. The van der Waals surface area contributed by atoms with Crippen molar-refractivity contribution in [2.24, 2.45) is 0 Å². The Kier molecular flexibility index (Phi) is 4.41. The molecule has 2 aromatic carbocycles. The van der Waals surface area contributed by atoms with Gasteiger partial charge < -0.3 is 5.32 Å². The lowest BCUT2D eigenvalue weighted by Gasteiger charge is -2.18. The van der Waals surface area contributed by atoms with Gasteiger partial charge in [0, 0.05) is 5.02 Å². The Labute approximate surface area is 140 Å². The van der Waals surface area contributed by atoms with Crippen molar-refractivity contribution < 1.29 is 0 Å². The summed E-state index contributed by atoms with van der Waals surface area (Å²) in [5.41, 5.74) is 4.33.